The molecule has 6 nitrogen and oxygen atoms in total. The molecule has 0 aliphatic rings. The lowest BCUT2D eigenvalue weighted by atomic mass is 9.86. The standard InChI is InChI=1S/C29H23BrFN5OS2/c1-17-11-12-33-23(13-17)36-29-35-16-24(39-29)38-27-19(15-34-26(25(27)31)28(32)37)14-21(18-7-3-2-4-8-18)20-9-5-6-10-22(20)30/h2-13,15-16,21H,14H2,1H3,(H2,32,37)(H,33,35,36)/t21-/m1/s1. The van der Waals surface area contributed by atoms with Gasteiger partial charge in [0, 0.05) is 22.8 Å². The van der Waals surface area contributed by atoms with Crippen LogP contribution in [0.15, 0.2) is 98.9 Å². The van der Waals surface area contributed by atoms with Gasteiger partial charge in [-0.05, 0) is 53.8 Å². The molecule has 0 aliphatic heterocycles. The second kappa shape index (κ2) is 12.1. The first-order valence-corrected chi connectivity index (χ1v) is 14.4. The third-order valence-electron chi connectivity index (χ3n) is 6.03. The van der Waals surface area contributed by atoms with Crippen molar-refractivity contribution in [3.8, 4) is 0 Å². The number of halogens is 2. The number of benzene rings is 2. The molecule has 1 amide bonds. The van der Waals surface area contributed by atoms with Crippen molar-refractivity contribution in [3.63, 3.8) is 0 Å². The minimum atomic E-state index is -0.913. The van der Waals surface area contributed by atoms with Gasteiger partial charge in [-0.3, -0.25) is 4.79 Å². The minimum Gasteiger partial charge on any atom is -0.364 e. The van der Waals surface area contributed by atoms with Gasteiger partial charge in [0.2, 0.25) is 0 Å². The van der Waals surface area contributed by atoms with Gasteiger partial charge in [0.15, 0.2) is 16.6 Å². The van der Waals surface area contributed by atoms with E-state index in [9.17, 15) is 4.79 Å². The number of amides is 1. The molecule has 3 heterocycles. The van der Waals surface area contributed by atoms with E-state index < -0.39 is 11.7 Å². The molecule has 2 aromatic carbocycles. The summed E-state index contributed by atoms with van der Waals surface area (Å²) in [6.45, 7) is 1.98. The molecule has 0 unspecified atom stereocenters. The van der Waals surface area contributed by atoms with Crippen molar-refractivity contribution in [2.45, 2.75) is 28.4 Å². The summed E-state index contributed by atoms with van der Waals surface area (Å²) in [5, 5.41) is 3.81. The number of pyridine rings is 2. The van der Waals surface area contributed by atoms with Crippen molar-refractivity contribution >= 4 is 55.9 Å². The number of nitrogens with one attached hydrogen (secondary N) is 1. The summed E-state index contributed by atoms with van der Waals surface area (Å²) in [5.41, 5.74) is 8.94. The summed E-state index contributed by atoms with van der Waals surface area (Å²) in [6.07, 6.45) is 5.40. The first kappa shape index (κ1) is 27.0. The van der Waals surface area contributed by atoms with Crippen molar-refractivity contribution in [3.05, 3.63) is 124 Å². The molecule has 10 heteroatoms. The molecule has 1 atom stereocenters. The number of hydrogen-bond donors (Lipinski definition) is 2. The summed E-state index contributed by atoms with van der Waals surface area (Å²) in [4.78, 5) is 25.1. The molecule has 0 saturated heterocycles. The van der Waals surface area contributed by atoms with Gasteiger partial charge in [-0.2, -0.15) is 0 Å². The Bertz CT molecular complexity index is 1630. The molecule has 39 heavy (non-hydrogen) atoms. The van der Waals surface area contributed by atoms with E-state index in [1.54, 1.807) is 18.6 Å². The number of carbonyl (C=O) groups excluding carboxylic acids is 1. The van der Waals surface area contributed by atoms with E-state index in [0.29, 0.717) is 27.8 Å². The number of rotatable bonds is 9. The van der Waals surface area contributed by atoms with Crippen LogP contribution in [0.1, 0.15) is 38.7 Å². The van der Waals surface area contributed by atoms with Crippen LogP contribution in [0.4, 0.5) is 15.3 Å². The van der Waals surface area contributed by atoms with Crippen LogP contribution < -0.4 is 11.1 Å². The predicted octanol–water partition coefficient (Wildman–Crippen LogP) is 7.51. The number of thiazole rings is 1. The van der Waals surface area contributed by atoms with E-state index >= 15 is 4.39 Å². The monoisotopic (exact) mass is 619 g/mol. The largest absolute Gasteiger partial charge is 0.364 e. The first-order valence-electron chi connectivity index (χ1n) is 12.0. The third kappa shape index (κ3) is 6.35. The minimum absolute atomic E-state index is 0.0900. The Hall–Kier alpha value is -3.60. The van der Waals surface area contributed by atoms with Gasteiger partial charge in [-0.1, -0.05) is 87.6 Å². The maximum Gasteiger partial charge on any atom is 0.270 e. The van der Waals surface area contributed by atoms with Gasteiger partial charge >= 0.3 is 0 Å². The molecule has 0 bridgehead atoms. The predicted molar refractivity (Wildman–Crippen MR) is 157 cm³/mol. The fourth-order valence-corrected chi connectivity index (χ4v) is 6.71. The Morgan fingerprint density at radius 1 is 1.08 bits per heavy atom. The molecule has 0 aliphatic carbocycles. The van der Waals surface area contributed by atoms with E-state index in [4.69, 9.17) is 5.73 Å². The third-order valence-corrected chi connectivity index (χ3v) is 8.91. The maximum atomic E-state index is 15.8. The van der Waals surface area contributed by atoms with E-state index in [0.717, 1.165) is 25.4 Å². The molecule has 3 N–H and O–H groups in total. The second-order valence-electron chi connectivity index (χ2n) is 8.76. The van der Waals surface area contributed by atoms with Gasteiger partial charge in [0.25, 0.3) is 5.91 Å². The van der Waals surface area contributed by atoms with E-state index in [-0.39, 0.29) is 11.6 Å². The average molecular weight is 621 g/mol. The van der Waals surface area contributed by atoms with Crippen molar-refractivity contribution in [1.29, 1.82) is 0 Å². The average Bonchev–Trinajstić information content (AvgIpc) is 3.36. The van der Waals surface area contributed by atoms with Crippen LogP contribution in [0.5, 0.6) is 0 Å². The Morgan fingerprint density at radius 3 is 2.59 bits per heavy atom. The molecular weight excluding hydrogens is 597 g/mol. The summed E-state index contributed by atoms with van der Waals surface area (Å²) in [5.74, 6) is -1.06. The number of aromatic nitrogens is 3. The fraction of sp³-hybridized carbons (Fsp3) is 0.103. The highest BCUT2D eigenvalue weighted by Gasteiger charge is 2.24. The SMILES string of the molecule is Cc1ccnc(Nc2ncc(Sc3c(C[C@H](c4ccccc4)c4ccccc4Br)cnc(C(N)=O)c3F)s2)c1. The van der Waals surface area contributed by atoms with Crippen LogP contribution in [0, 0.1) is 12.7 Å². The molecular formula is C29H23BrFN5OS2. The van der Waals surface area contributed by atoms with E-state index in [1.165, 1.54) is 23.1 Å². The quantitative estimate of drug-likeness (QED) is 0.177. The zero-order valence-electron chi connectivity index (χ0n) is 20.8. The Morgan fingerprint density at radius 2 is 1.85 bits per heavy atom. The number of nitrogens with zero attached hydrogens (tertiary/aromatic N) is 3. The van der Waals surface area contributed by atoms with Gasteiger partial charge in [0.1, 0.15) is 5.82 Å². The highest BCUT2D eigenvalue weighted by molar-refractivity contribution is 9.10. The lowest BCUT2D eigenvalue weighted by Crippen LogP contribution is -2.17. The van der Waals surface area contributed by atoms with Crippen LogP contribution in [-0.4, -0.2) is 20.9 Å². The lowest BCUT2D eigenvalue weighted by Gasteiger charge is -2.21. The number of carbonyl (C=O) groups is 1. The number of anilines is 2. The number of nitrogens with two attached hydrogens (primary N) is 1. The highest BCUT2D eigenvalue weighted by atomic mass is 79.9. The molecule has 5 aromatic rings. The lowest BCUT2D eigenvalue weighted by molar-refractivity contribution is 0.0990. The van der Waals surface area contributed by atoms with Gasteiger partial charge in [-0.15, -0.1) is 0 Å². The number of hydrogen-bond acceptors (Lipinski definition) is 7. The number of aryl methyl sites for hydroxylation is 1. The summed E-state index contributed by atoms with van der Waals surface area (Å²) in [6, 6.07) is 21.9. The van der Waals surface area contributed by atoms with Crippen molar-refractivity contribution in [2.24, 2.45) is 5.73 Å². The van der Waals surface area contributed by atoms with Crippen LogP contribution >= 0.6 is 39.0 Å². The van der Waals surface area contributed by atoms with E-state index in [1.807, 2.05) is 55.5 Å². The Balaban J connectivity index is 1.51. The van der Waals surface area contributed by atoms with Crippen LogP contribution in [0.25, 0.3) is 0 Å². The molecule has 3 aromatic heterocycles. The van der Waals surface area contributed by atoms with Crippen molar-refractivity contribution < 1.29 is 9.18 Å². The van der Waals surface area contributed by atoms with Crippen LogP contribution in [0.3, 0.4) is 0 Å². The summed E-state index contributed by atoms with van der Waals surface area (Å²) < 4.78 is 17.5. The Kier molecular flexibility index (Phi) is 8.35. The van der Waals surface area contributed by atoms with Crippen molar-refractivity contribution in [2.75, 3.05) is 5.32 Å². The summed E-state index contributed by atoms with van der Waals surface area (Å²) in [7, 11) is 0. The van der Waals surface area contributed by atoms with Crippen LogP contribution in [-0.2, 0) is 6.42 Å². The molecule has 0 radical (unpaired) electrons. The summed E-state index contributed by atoms with van der Waals surface area (Å²) >= 11 is 6.25. The number of primary amides is 1. The highest BCUT2D eigenvalue weighted by Crippen LogP contribution is 2.41. The Labute approximate surface area is 242 Å². The molecule has 0 fully saturated rings. The second-order valence-corrected chi connectivity index (χ2v) is 12.0. The molecule has 196 valence electrons. The normalized spacial score (nSPS) is 11.8. The zero-order valence-corrected chi connectivity index (χ0v) is 24.0. The molecule has 5 rings (SSSR count). The maximum absolute atomic E-state index is 15.8. The zero-order chi connectivity index (χ0) is 27.4. The smallest absolute Gasteiger partial charge is 0.270 e. The topological polar surface area (TPSA) is 93.8 Å². The van der Waals surface area contributed by atoms with Crippen molar-refractivity contribution in [1.82, 2.24) is 15.0 Å². The fourth-order valence-electron chi connectivity index (χ4n) is 4.18. The van der Waals surface area contributed by atoms with Gasteiger partial charge in [-0.25, -0.2) is 19.3 Å². The van der Waals surface area contributed by atoms with Gasteiger partial charge < -0.3 is 11.1 Å². The molecule has 0 saturated carbocycles. The first-order chi connectivity index (χ1) is 18.9. The van der Waals surface area contributed by atoms with E-state index in [2.05, 4.69) is 54.4 Å². The van der Waals surface area contributed by atoms with Crippen LogP contribution in [0.2, 0.25) is 0 Å². The molecule has 0 spiro atoms. The van der Waals surface area contributed by atoms with Gasteiger partial charge in [0.05, 0.1) is 15.3 Å².